The van der Waals surface area contributed by atoms with Gasteiger partial charge in [0.2, 0.25) is 0 Å². The first-order chi connectivity index (χ1) is 71.0. The van der Waals surface area contributed by atoms with Crippen molar-refractivity contribution in [2.24, 2.45) is 82.9 Å². The topological polar surface area (TPSA) is 0 Å². The molecule has 0 radical (unpaired) electrons. The van der Waals surface area contributed by atoms with Crippen molar-refractivity contribution in [2.45, 2.75) is 433 Å². The third-order valence-corrected chi connectivity index (χ3v) is 38.0. The van der Waals surface area contributed by atoms with E-state index in [-0.39, 0.29) is 0 Å². The lowest BCUT2D eigenvalue weighted by atomic mass is 9.70. The van der Waals surface area contributed by atoms with E-state index >= 15 is 0 Å². The highest BCUT2D eigenvalue weighted by Crippen LogP contribution is 2.44. The summed E-state index contributed by atoms with van der Waals surface area (Å²) >= 11 is 0. The van der Waals surface area contributed by atoms with Gasteiger partial charge in [-0.3, -0.25) is 0 Å². The quantitative estimate of drug-likeness (QED) is 0.0803. The van der Waals surface area contributed by atoms with Gasteiger partial charge in [-0.15, -0.1) is 0 Å². The Morgan fingerprint density at radius 2 is 0.433 bits per heavy atom. The summed E-state index contributed by atoms with van der Waals surface area (Å²) in [4.78, 5) is 0. The molecule has 0 N–H and O–H groups in total. The number of aryl methyl sites for hydroxylation is 25. The van der Waals surface area contributed by atoms with Crippen molar-refractivity contribution < 1.29 is 0 Å². The van der Waals surface area contributed by atoms with Gasteiger partial charge in [-0.2, -0.15) is 0 Å². The maximum absolute atomic E-state index is 2.44. The zero-order valence-electron chi connectivity index (χ0n) is 105. The zero-order valence-corrected chi connectivity index (χ0v) is 105. The van der Waals surface area contributed by atoms with Gasteiger partial charge < -0.3 is 0 Å². The Labute approximate surface area is 924 Å². The summed E-state index contributed by atoms with van der Waals surface area (Å²) in [6.45, 7) is 98.7. The first-order valence-electron chi connectivity index (χ1n) is 59.9. The highest BCUT2D eigenvalue weighted by molar-refractivity contribution is 5.94. The van der Waals surface area contributed by atoms with Gasteiger partial charge in [0.15, 0.2) is 0 Å². The molecule has 3 aliphatic rings. The average molecular weight is 2020 g/mol. The predicted molar refractivity (Wildman–Crippen MR) is 679 cm³/mol. The summed E-state index contributed by atoms with van der Waals surface area (Å²) in [5.74, 6) is 13.9. The second-order valence-electron chi connectivity index (χ2n) is 48.1. The van der Waals surface area contributed by atoms with Gasteiger partial charge in [0.1, 0.15) is 0 Å². The summed E-state index contributed by atoms with van der Waals surface area (Å²) in [6, 6.07) is 70.9. The second kappa shape index (κ2) is 64.1. The van der Waals surface area contributed by atoms with Crippen molar-refractivity contribution in [3.8, 4) is 33.4 Å². The highest BCUT2D eigenvalue weighted by Gasteiger charge is 2.31. The number of hydrogen-bond donors (Lipinski definition) is 0. The Bertz CT molecular complexity index is 5850. The van der Waals surface area contributed by atoms with Gasteiger partial charge in [-0.05, 0) is 562 Å². The van der Waals surface area contributed by atoms with Crippen molar-refractivity contribution in [1.82, 2.24) is 0 Å². The Hall–Kier alpha value is -9.36. The van der Waals surface area contributed by atoms with E-state index in [9.17, 15) is 0 Å². The first kappa shape index (κ1) is 129. The Morgan fingerprint density at radius 3 is 0.720 bits per heavy atom. The summed E-state index contributed by atoms with van der Waals surface area (Å²) in [6.07, 6.45) is 28.9. The highest BCUT2D eigenvalue weighted by atomic mass is 14.4. The molecular weight excluding hydrogens is 1800 g/mol. The molecule has 818 valence electrons. The fourth-order valence-corrected chi connectivity index (χ4v) is 23.2. The van der Waals surface area contributed by atoms with Crippen LogP contribution in [0.2, 0.25) is 0 Å². The molecular formula is C150H218. The van der Waals surface area contributed by atoms with E-state index in [1.54, 1.807) is 0 Å². The van der Waals surface area contributed by atoms with E-state index < -0.39 is 0 Å². The molecule has 13 aromatic carbocycles. The van der Waals surface area contributed by atoms with Crippen molar-refractivity contribution in [1.29, 1.82) is 0 Å². The van der Waals surface area contributed by atoms with Crippen LogP contribution in [-0.2, 0) is 0 Å². The van der Waals surface area contributed by atoms with Gasteiger partial charge in [-0.25, -0.2) is 0 Å². The van der Waals surface area contributed by atoms with Crippen molar-refractivity contribution in [3.63, 3.8) is 0 Å². The summed E-state index contributed by atoms with van der Waals surface area (Å²) in [7, 11) is 0. The maximum atomic E-state index is 2.44. The minimum Gasteiger partial charge on any atom is -0.0651 e. The van der Waals surface area contributed by atoms with E-state index in [0.717, 1.165) is 82.9 Å². The van der Waals surface area contributed by atoms with Crippen LogP contribution in [-0.4, -0.2) is 0 Å². The lowest BCUT2D eigenvalue weighted by Gasteiger charge is -2.36. The monoisotopic (exact) mass is 2020 g/mol. The van der Waals surface area contributed by atoms with Crippen LogP contribution in [0, 0.1) is 277 Å². The van der Waals surface area contributed by atoms with E-state index in [1.807, 2.05) is 0 Å². The van der Waals surface area contributed by atoms with E-state index in [4.69, 9.17) is 0 Å². The molecule has 0 spiro atoms. The van der Waals surface area contributed by atoms with Crippen LogP contribution in [0.1, 0.15) is 395 Å². The third kappa shape index (κ3) is 38.1. The largest absolute Gasteiger partial charge is 0.0651 e. The SMILES string of the molecule is CCC(C)C(C)CC.CCC(C)C1CCC(C(C)CC)CC1.CCC(C)C1CCC(C)C(C)C1.CCC(CC)C1CCC(C(CC)CC)CC1.Cc1cc(C)c(C)cc1C.Cc1cc2cc(C)c(C)cc2cc1C.Cc1ccc(-c2ccc(C)c(C)c2)cc1C.Cc1ccc(-c2cccc(C)c2C)cc1C.Cc1ccc(C)c2c(C)ccc(C)c12.Cc1ccc2c(C)c(C)ccc2c1C.Cc1cccc(-c2cccc(C)c2C)c1C. The fourth-order valence-electron chi connectivity index (χ4n) is 23.2. The molecule has 0 aromatic heterocycles. The molecule has 150 heavy (non-hydrogen) atoms. The molecule has 0 amide bonds. The van der Waals surface area contributed by atoms with Crippen molar-refractivity contribution in [2.75, 3.05) is 0 Å². The Balaban J connectivity index is 0.000000253. The maximum Gasteiger partial charge on any atom is -0.0120 e. The number of fused-ring (bicyclic) bond motifs is 3. The van der Waals surface area contributed by atoms with E-state index in [2.05, 4.69) is 499 Å². The molecule has 0 aliphatic heterocycles. The van der Waals surface area contributed by atoms with Crippen molar-refractivity contribution in [3.05, 3.63) is 350 Å². The van der Waals surface area contributed by atoms with E-state index in [1.165, 1.54) is 350 Å². The number of hydrogen-bond acceptors (Lipinski definition) is 0. The molecule has 3 fully saturated rings. The van der Waals surface area contributed by atoms with Crippen LogP contribution >= 0.6 is 0 Å². The zero-order chi connectivity index (χ0) is 112. The summed E-state index contributed by atoms with van der Waals surface area (Å²) < 4.78 is 0. The lowest BCUT2D eigenvalue weighted by molar-refractivity contribution is 0.152. The van der Waals surface area contributed by atoms with Gasteiger partial charge in [0.05, 0.1) is 0 Å². The van der Waals surface area contributed by atoms with Crippen LogP contribution in [0.4, 0.5) is 0 Å². The molecule has 8 atom stereocenters. The van der Waals surface area contributed by atoms with Gasteiger partial charge in [0, 0.05) is 0 Å². The standard InChI is InChI=1S/3C16H18.C16H32.3C14H16.C14H28.C12H24.C10H14.C8H18/c1-11-5-7-15(9-13(11)3)16-8-6-12(2)14(4)10-16;1-11-7-5-9-15(13(11)3)16-10-6-8-12(2)14(16)4;1-11-8-9-15(10-13(11)3)16-7-5-6-12(2)14(16)4;1-5-13(6-2)15-9-11-16(12-10-15)14(7-3)8-4;1-9-5-13-7-11(3)12(4)8-14(13)6-10(9)2;1-9-5-7-14-12(4)10(2)6-8-13(14)11(9)3;1-9-5-6-11(3)14-12(4)8-7-10(2)13(9)14;1-5-11(3)13-7-9-14(10-8-13)12(4)6-2;1-5-9(2)12-7-6-10(3)11(4)8-12;1-7-5-9(3)10(4)6-8(7)2;1-5-7(3)8(4)6-2/h3*5-10H,1-4H3;13-16H,5-12H2,1-4H3;3*5-8H,1-4H3;11-14H,5-10H2,1-4H3;9-12H,5-8H2,1-4H3;5-6H,1-4H3;7-8H,5-6H2,1-4H3. The van der Waals surface area contributed by atoms with Gasteiger partial charge >= 0.3 is 0 Å². The second-order valence-corrected chi connectivity index (χ2v) is 48.1. The third-order valence-electron chi connectivity index (χ3n) is 38.0. The fraction of sp³-hybridized carbons (Fsp3) is 0.520. The molecule has 8 unspecified atom stereocenters. The van der Waals surface area contributed by atoms with Crippen molar-refractivity contribution >= 4 is 32.3 Å². The van der Waals surface area contributed by atoms with Crippen LogP contribution in [0.5, 0.6) is 0 Å². The minimum atomic E-state index is 0.917. The van der Waals surface area contributed by atoms with Crippen LogP contribution in [0.25, 0.3) is 65.7 Å². The molecule has 3 saturated carbocycles. The van der Waals surface area contributed by atoms with Gasteiger partial charge in [-0.1, -0.05) is 369 Å². The Kier molecular flexibility index (Phi) is 55.2. The van der Waals surface area contributed by atoms with E-state index in [0.29, 0.717) is 0 Å². The normalized spacial score (nSPS) is 17.1. The molecule has 0 heterocycles. The predicted octanol–water partition coefficient (Wildman–Crippen LogP) is 46.6. The van der Waals surface area contributed by atoms with Crippen LogP contribution in [0.15, 0.2) is 194 Å². The lowest BCUT2D eigenvalue weighted by Crippen LogP contribution is -2.25. The Morgan fingerprint density at radius 1 is 0.193 bits per heavy atom. The van der Waals surface area contributed by atoms with Crippen LogP contribution < -0.4 is 0 Å². The number of benzene rings is 13. The first-order valence-corrected chi connectivity index (χ1v) is 59.9. The molecule has 0 nitrogen and oxygen atoms in total. The summed E-state index contributed by atoms with van der Waals surface area (Å²) in [5, 5.41) is 8.38. The molecule has 0 heteroatoms. The average Bonchev–Trinajstić information content (AvgIpc) is 0.773. The molecule has 0 saturated heterocycles. The minimum absolute atomic E-state index is 0.917. The summed E-state index contributed by atoms with van der Waals surface area (Å²) in [5.41, 5.74) is 46.5. The molecule has 3 aliphatic carbocycles. The molecule has 0 bridgehead atoms. The van der Waals surface area contributed by atoms with Crippen LogP contribution in [0.3, 0.4) is 0 Å². The smallest absolute Gasteiger partial charge is 0.0120 e. The number of rotatable bonds is 18. The molecule has 13 aromatic rings. The molecule has 16 rings (SSSR count). The van der Waals surface area contributed by atoms with Gasteiger partial charge in [0.25, 0.3) is 0 Å².